The van der Waals surface area contributed by atoms with Gasteiger partial charge >= 0.3 is 6.09 Å². The molecular formula is C10H16N4O2. The van der Waals surface area contributed by atoms with Crippen LogP contribution in [0.5, 0.6) is 0 Å². The van der Waals surface area contributed by atoms with Gasteiger partial charge in [-0.2, -0.15) is 0 Å². The quantitative estimate of drug-likeness (QED) is 0.390. The van der Waals surface area contributed by atoms with Crippen molar-refractivity contribution in [3.8, 4) is 0 Å². The summed E-state index contributed by atoms with van der Waals surface area (Å²) >= 11 is 0. The Morgan fingerprint density at radius 2 is 2.31 bits per heavy atom. The lowest BCUT2D eigenvalue weighted by atomic mass is 10.2. The maximum atomic E-state index is 11.6. The standard InChI is InChI=1S/C10H16N4O2/c1-10(2,3)16-9(15)14-6-4-8(5-7-14)12-13-11/h4H,5-7H2,1-3H3. The van der Waals surface area contributed by atoms with E-state index in [-0.39, 0.29) is 6.09 Å². The molecule has 16 heavy (non-hydrogen) atoms. The number of nitrogens with zero attached hydrogens (tertiary/aromatic N) is 4. The first-order valence-corrected chi connectivity index (χ1v) is 5.14. The van der Waals surface area contributed by atoms with Crippen molar-refractivity contribution in [3.63, 3.8) is 0 Å². The highest BCUT2D eigenvalue weighted by molar-refractivity contribution is 5.68. The van der Waals surface area contributed by atoms with Gasteiger partial charge in [-0.05, 0) is 32.7 Å². The molecule has 6 nitrogen and oxygen atoms in total. The summed E-state index contributed by atoms with van der Waals surface area (Å²) in [6.45, 7) is 6.45. The zero-order valence-electron chi connectivity index (χ0n) is 9.80. The van der Waals surface area contributed by atoms with Crippen molar-refractivity contribution in [1.29, 1.82) is 0 Å². The van der Waals surface area contributed by atoms with Gasteiger partial charge in [-0.15, -0.1) is 0 Å². The van der Waals surface area contributed by atoms with Crippen LogP contribution >= 0.6 is 0 Å². The SMILES string of the molecule is CC(C)(C)OC(=O)N1CC=C(N=[N+]=[N-])CC1. The van der Waals surface area contributed by atoms with E-state index in [0.29, 0.717) is 25.2 Å². The monoisotopic (exact) mass is 224 g/mol. The molecule has 0 aromatic heterocycles. The molecule has 1 amide bonds. The second kappa shape index (κ2) is 4.90. The summed E-state index contributed by atoms with van der Waals surface area (Å²) < 4.78 is 5.23. The van der Waals surface area contributed by atoms with Crippen LogP contribution in [-0.2, 0) is 4.74 Å². The van der Waals surface area contributed by atoms with Crippen LogP contribution in [0.1, 0.15) is 27.2 Å². The minimum atomic E-state index is -0.480. The Morgan fingerprint density at radius 1 is 1.62 bits per heavy atom. The Bertz CT molecular complexity index is 350. The minimum Gasteiger partial charge on any atom is -0.444 e. The van der Waals surface area contributed by atoms with Crippen LogP contribution in [0.15, 0.2) is 16.9 Å². The molecule has 0 saturated heterocycles. The van der Waals surface area contributed by atoms with Crippen LogP contribution < -0.4 is 0 Å². The summed E-state index contributed by atoms with van der Waals surface area (Å²) in [5.74, 6) is 0. The normalized spacial score (nSPS) is 16.2. The Kier molecular flexibility index (Phi) is 3.79. The molecule has 0 spiro atoms. The molecule has 0 fully saturated rings. The fraction of sp³-hybridized carbons (Fsp3) is 0.700. The van der Waals surface area contributed by atoms with E-state index in [0.717, 1.165) is 0 Å². The summed E-state index contributed by atoms with van der Waals surface area (Å²) in [6.07, 6.45) is 1.99. The van der Waals surface area contributed by atoms with Crippen LogP contribution in [0.25, 0.3) is 10.4 Å². The van der Waals surface area contributed by atoms with E-state index in [1.807, 2.05) is 20.8 Å². The van der Waals surface area contributed by atoms with Crippen molar-refractivity contribution < 1.29 is 9.53 Å². The largest absolute Gasteiger partial charge is 0.444 e. The van der Waals surface area contributed by atoms with Gasteiger partial charge in [0.1, 0.15) is 5.60 Å². The van der Waals surface area contributed by atoms with Gasteiger partial charge in [0, 0.05) is 23.7 Å². The third-order valence-corrected chi connectivity index (χ3v) is 2.01. The molecule has 0 aromatic carbocycles. The van der Waals surface area contributed by atoms with Crippen LogP contribution in [-0.4, -0.2) is 29.7 Å². The topological polar surface area (TPSA) is 78.3 Å². The van der Waals surface area contributed by atoms with Gasteiger partial charge in [0.05, 0.1) is 0 Å². The smallest absolute Gasteiger partial charge is 0.410 e. The van der Waals surface area contributed by atoms with Crippen LogP contribution in [0.4, 0.5) is 4.79 Å². The molecule has 0 saturated carbocycles. The summed E-state index contributed by atoms with van der Waals surface area (Å²) in [5.41, 5.74) is 8.46. The van der Waals surface area contributed by atoms with Crippen molar-refractivity contribution in [3.05, 3.63) is 22.2 Å². The van der Waals surface area contributed by atoms with E-state index in [1.54, 1.807) is 11.0 Å². The predicted octanol–water partition coefficient (Wildman–Crippen LogP) is 2.82. The van der Waals surface area contributed by atoms with Gasteiger partial charge < -0.3 is 9.64 Å². The molecule has 0 radical (unpaired) electrons. The van der Waals surface area contributed by atoms with Crippen molar-refractivity contribution in [2.45, 2.75) is 32.8 Å². The summed E-state index contributed by atoms with van der Waals surface area (Å²) in [4.78, 5) is 15.9. The molecule has 0 aliphatic carbocycles. The molecule has 0 aromatic rings. The van der Waals surface area contributed by atoms with Crippen LogP contribution in [0.3, 0.4) is 0 Å². The lowest BCUT2D eigenvalue weighted by Gasteiger charge is -2.28. The second-order valence-corrected chi connectivity index (χ2v) is 4.56. The molecule has 1 aliphatic rings. The van der Waals surface area contributed by atoms with Gasteiger partial charge in [0.15, 0.2) is 0 Å². The number of hydrogen-bond donors (Lipinski definition) is 0. The van der Waals surface area contributed by atoms with Crippen LogP contribution in [0.2, 0.25) is 0 Å². The van der Waals surface area contributed by atoms with Crippen molar-refractivity contribution in [2.75, 3.05) is 13.1 Å². The number of hydrogen-bond acceptors (Lipinski definition) is 3. The Hall–Kier alpha value is -1.68. The van der Waals surface area contributed by atoms with Gasteiger partial charge in [-0.1, -0.05) is 11.2 Å². The number of carbonyl (C=O) groups is 1. The molecule has 88 valence electrons. The second-order valence-electron chi connectivity index (χ2n) is 4.56. The van der Waals surface area contributed by atoms with Crippen molar-refractivity contribution in [2.24, 2.45) is 5.11 Å². The molecule has 0 atom stereocenters. The van der Waals surface area contributed by atoms with E-state index in [4.69, 9.17) is 10.3 Å². The third-order valence-electron chi connectivity index (χ3n) is 2.01. The van der Waals surface area contributed by atoms with Gasteiger partial charge in [-0.3, -0.25) is 0 Å². The zero-order chi connectivity index (χ0) is 12.2. The fourth-order valence-corrected chi connectivity index (χ4v) is 1.30. The molecule has 1 heterocycles. The lowest BCUT2D eigenvalue weighted by molar-refractivity contribution is 0.0266. The highest BCUT2D eigenvalue weighted by Gasteiger charge is 2.23. The summed E-state index contributed by atoms with van der Waals surface area (Å²) in [6, 6.07) is 0. The first-order chi connectivity index (χ1) is 7.42. The number of ether oxygens (including phenoxy) is 1. The van der Waals surface area contributed by atoms with Gasteiger partial charge in [0.2, 0.25) is 0 Å². The zero-order valence-corrected chi connectivity index (χ0v) is 9.80. The molecular weight excluding hydrogens is 208 g/mol. The van der Waals surface area contributed by atoms with Gasteiger partial charge in [0.25, 0.3) is 0 Å². The van der Waals surface area contributed by atoms with E-state index in [2.05, 4.69) is 10.0 Å². The maximum Gasteiger partial charge on any atom is 0.410 e. The average molecular weight is 224 g/mol. The van der Waals surface area contributed by atoms with Gasteiger partial charge in [-0.25, -0.2) is 4.79 Å². The molecule has 0 unspecified atom stereocenters. The average Bonchev–Trinajstić information content (AvgIpc) is 2.16. The van der Waals surface area contributed by atoms with E-state index in [9.17, 15) is 4.79 Å². The lowest BCUT2D eigenvalue weighted by Crippen LogP contribution is -2.39. The van der Waals surface area contributed by atoms with Crippen molar-refractivity contribution >= 4 is 6.09 Å². The van der Waals surface area contributed by atoms with E-state index >= 15 is 0 Å². The summed E-state index contributed by atoms with van der Waals surface area (Å²) in [7, 11) is 0. The number of rotatable bonds is 1. The Balaban J connectivity index is 2.54. The highest BCUT2D eigenvalue weighted by Crippen LogP contribution is 2.15. The van der Waals surface area contributed by atoms with E-state index in [1.165, 1.54) is 0 Å². The maximum absolute atomic E-state index is 11.6. The first kappa shape index (κ1) is 12.4. The van der Waals surface area contributed by atoms with E-state index < -0.39 is 5.60 Å². The fourth-order valence-electron chi connectivity index (χ4n) is 1.30. The molecule has 6 heteroatoms. The number of amides is 1. The molecule has 0 bridgehead atoms. The minimum absolute atomic E-state index is 0.330. The highest BCUT2D eigenvalue weighted by atomic mass is 16.6. The Morgan fingerprint density at radius 3 is 2.75 bits per heavy atom. The summed E-state index contributed by atoms with van der Waals surface area (Å²) in [5, 5.41) is 3.51. The third kappa shape index (κ3) is 3.82. The molecule has 0 N–H and O–H groups in total. The first-order valence-electron chi connectivity index (χ1n) is 5.14. The predicted molar refractivity (Wildman–Crippen MR) is 59.7 cm³/mol. The Labute approximate surface area is 94.5 Å². The van der Waals surface area contributed by atoms with Crippen molar-refractivity contribution in [1.82, 2.24) is 4.90 Å². The molecule has 1 aliphatic heterocycles. The number of carbonyl (C=O) groups excluding carboxylic acids is 1. The number of azide groups is 1. The van der Waals surface area contributed by atoms with Crippen LogP contribution in [0, 0.1) is 0 Å². The molecule has 1 rings (SSSR count).